The van der Waals surface area contributed by atoms with Gasteiger partial charge in [0.15, 0.2) is 5.78 Å². The first kappa shape index (κ1) is 14.2. The van der Waals surface area contributed by atoms with Gasteiger partial charge in [-0.1, -0.05) is 60.7 Å². The van der Waals surface area contributed by atoms with Crippen LogP contribution in [0.1, 0.15) is 30.4 Å². The molecule has 0 bridgehead atoms. The summed E-state index contributed by atoms with van der Waals surface area (Å²) in [5, 5.41) is 0. The van der Waals surface area contributed by atoms with Gasteiger partial charge >= 0.3 is 0 Å². The number of allylic oxidation sites excluding steroid dienone is 4. The molecule has 1 heteroatoms. The van der Waals surface area contributed by atoms with Gasteiger partial charge < -0.3 is 0 Å². The first-order valence-electron chi connectivity index (χ1n) is 8.42. The molecular formula is C22H20O. The smallest absolute Gasteiger partial charge is 0.167 e. The quantitative estimate of drug-likeness (QED) is 0.665. The predicted molar refractivity (Wildman–Crippen MR) is 94.3 cm³/mol. The van der Waals surface area contributed by atoms with Crippen molar-refractivity contribution in [2.45, 2.75) is 32.1 Å². The molecule has 0 heterocycles. The zero-order chi connectivity index (χ0) is 15.6. The van der Waals surface area contributed by atoms with E-state index in [4.69, 9.17) is 0 Å². The van der Waals surface area contributed by atoms with E-state index in [0.717, 1.165) is 36.8 Å². The minimum Gasteiger partial charge on any atom is -0.294 e. The third kappa shape index (κ3) is 2.68. The molecule has 0 saturated heterocycles. The third-order valence-corrected chi connectivity index (χ3v) is 4.90. The molecule has 2 aromatic rings. The Bertz CT molecular complexity index is 823. The average Bonchev–Trinajstić information content (AvgIpc) is 3.04. The maximum atomic E-state index is 12.8. The van der Waals surface area contributed by atoms with Crippen molar-refractivity contribution in [2.75, 3.05) is 0 Å². The van der Waals surface area contributed by atoms with Crippen LogP contribution < -0.4 is 0 Å². The van der Waals surface area contributed by atoms with Crippen LogP contribution in [0.4, 0.5) is 0 Å². The Hall–Kier alpha value is -2.41. The van der Waals surface area contributed by atoms with Crippen molar-refractivity contribution in [1.29, 1.82) is 0 Å². The molecule has 0 saturated carbocycles. The summed E-state index contributed by atoms with van der Waals surface area (Å²) < 4.78 is 0. The van der Waals surface area contributed by atoms with Crippen LogP contribution in [0.3, 0.4) is 0 Å². The molecule has 0 fully saturated rings. The SMILES string of the molecule is O=C1Cc2ccccc2-c2ccccc2CCCC2=CCC=C12. The number of rotatable bonds is 0. The lowest BCUT2D eigenvalue weighted by atomic mass is 9.91. The number of aryl methyl sites for hydroxylation is 1. The second-order valence-electron chi connectivity index (χ2n) is 6.35. The number of fused-ring (bicyclic) bond motifs is 4. The normalized spacial score (nSPS) is 17.3. The molecule has 0 atom stereocenters. The second kappa shape index (κ2) is 6.00. The van der Waals surface area contributed by atoms with Gasteiger partial charge in [-0.15, -0.1) is 0 Å². The molecule has 2 aliphatic rings. The molecule has 4 rings (SSSR count). The van der Waals surface area contributed by atoms with Crippen LogP contribution in [0.2, 0.25) is 0 Å². The topological polar surface area (TPSA) is 17.1 Å². The lowest BCUT2D eigenvalue weighted by Gasteiger charge is -2.13. The standard InChI is InChI=1S/C22H20O/c23-22-15-18-8-2-4-13-20(18)19-12-3-1-7-16(19)9-5-10-17-11-6-14-21(17)22/h1-4,7-8,11-14H,5-6,9-10,15H2. The van der Waals surface area contributed by atoms with Crippen LogP contribution in [0, 0.1) is 0 Å². The highest BCUT2D eigenvalue weighted by Gasteiger charge is 2.20. The van der Waals surface area contributed by atoms with Crippen molar-refractivity contribution in [2.24, 2.45) is 0 Å². The number of hydrogen-bond acceptors (Lipinski definition) is 1. The molecule has 0 amide bonds. The number of ketones is 1. The molecule has 0 aliphatic heterocycles. The zero-order valence-corrected chi connectivity index (χ0v) is 13.2. The third-order valence-electron chi connectivity index (χ3n) is 4.90. The summed E-state index contributed by atoms with van der Waals surface area (Å²) in [7, 11) is 0. The van der Waals surface area contributed by atoms with Crippen LogP contribution in [0.25, 0.3) is 11.1 Å². The van der Waals surface area contributed by atoms with Crippen molar-refractivity contribution in [3.8, 4) is 11.1 Å². The van der Waals surface area contributed by atoms with Crippen LogP contribution in [-0.2, 0) is 17.6 Å². The highest BCUT2D eigenvalue weighted by molar-refractivity contribution is 6.02. The van der Waals surface area contributed by atoms with Crippen molar-refractivity contribution in [1.82, 2.24) is 0 Å². The van der Waals surface area contributed by atoms with Crippen molar-refractivity contribution in [3.05, 3.63) is 83.0 Å². The zero-order valence-electron chi connectivity index (χ0n) is 13.2. The summed E-state index contributed by atoms with van der Waals surface area (Å²) in [5.41, 5.74) is 7.24. The van der Waals surface area contributed by atoms with E-state index in [2.05, 4.69) is 54.6 Å². The first-order valence-corrected chi connectivity index (χ1v) is 8.42. The van der Waals surface area contributed by atoms with Crippen LogP contribution in [0.5, 0.6) is 0 Å². The largest absolute Gasteiger partial charge is 0.294 e. The Morgan fingerprint density at radius 1 is 0.739 bits per heavy atom. The number of hydrogen-bond donors (Lipinski definition) is 0. The Labute approximate surface area is 137 Å². The summed E-state index contributed by atoms with van der Waals surface area (Å²) >= 11 is 0. The number of Topliss-reactive ketones (excluding diaryl/α,β-unsaturated/α-hetero) is 1. The van der Waals surface area contributed by atoms with Crippen LogP contribution in [0.15, 0.2) is 71.8 Å². The Kier molecular flexibility index (Phi) is 3.70. The number of carbonyl (C=O) groups is 1. The maximum Gasteiger partial charge on any atom is 0.167 e. The van der Waals surface area contributed by atoms with Crippen molar-refractivity contribution >= 4 is 5.78 Å². The van der Waals surface area contributed by atoms with E-state index in [-0.39, 0.29) is 5.78 Å². The monoisotopic (exact) mass is 300 g/mol. The van der Waals surface area contributed by atoms with Gasteiger partial charge in [0.2, 0.25) is 0 Å². The van der Waals surface area contributed by atoms with Crippen molar-refractivity contribution in [3.63, 3.8) is 0 Å². The molecule has 23 heavy (non-hydrogen) atoms. The first-order chi connectivity index (χ1) is 11.3. The van der Waals surface area contributed by atoms with Crippen LogP contribution >= 0.6 is 0 Å². The fraction of sp³-hybridized carbons (Fsp3) is 0.227. The second-order valence-corrected chi connectivity index (χ2v) is 6.35. The van der Waals surface area contributed by atoms with Gasteiger partial charge in [0.1, 0.15) is 0 Å². The molecule has 0 radical (unpaired) electrons. The van der Waals surface area contributed by atoms with Gasteiger partial charge in [-0.25, -0.2) is 0 Å². The van der Waals surface area contributed by atoms with Crippen molar-refractivity contribution < 1.29 is 4.79 Å². The molecule has 1 nitrogen and oxygen atoms in total. The summed E-state index contributed by atoms with van der Waals surface area (Å²) in [6.45, 7) is 0. The van der Waals surface area contributed by atoms with E-state index in [1.54, 1.807) is 0 Å². The van der Waals surface area contributed by atoms with Gasteiger partial charge in [0.25, 0.3) is 0 Å². The van der Waals surface area contributed by atoms with Crippen LogP contribution in [-0.4, -0.2) is 5.78 Å². The average molecular weight is 300 g/mol. The Morgan fingerprint density at radius 3 is 2.26 bits per heavy atom. The minimum absolute atomic E-state index is 0.264. The predicted octanol–water partition coefficient (Wildman–Crippen LogP) is 5.06. The summed E-state index contributed by atoms with van der Waals surface area (Å²) in [6.07, 6.45) is 8.89. The van der Waals surface area contributed by atoms with Gasteiger partial charge in [0.05, 0.1) is 0 Å². The summed E-state index contributed by atoms with van der Waals surface area (Å²) in [4.78, 5) is 12.8. The molecule has 0 spiro atoms. The molecule has 2 aliphatic carbocycles. The molecule has 0 aromatic heterocycles. The highest BCUT2D eigenvalue weighted by Crippen LogP contribution is 2.33. The Balaban J connectivity index is 1.85. The summed E-state index contributed by atoms with van der Waals surface area (Å²) in [5.74, 6) is 0.264. The van der Waals surface area contributed by atoms with Gasteiger partial charge in [-0.3, -0.25) is 4.79 Å². The highest BCUT2D eigenvalue weighted by atomic mass is 16.1. The minimum atomic E-state index is 0.264. The number of benzene rings is 2. The van der Waals surface area contributed by atoms with E-state index in [1.807, 2.05) is 6.07 Å². The Morgan fingerprint density at radius 2 is 1.43 bits per heavy atom. The molecule has 0 N–H and O–H groups in total. The van der Waals surface area contributed by atoms with E-state index in [0.29, 0.717) is 6.42 Å². The lowest BCUT2D eigenvalue weighted by Crippen LogP contribution is -2.08. The van der Waals surface area contributed by atoms with E-state index in [1.165, 1.54) is 22.3 Å². The lowest BCUT2D eigenvalue weighted by molar-refractivity contribution is -0.114. The van der Waals surface area contributed by atoms with E-state index < -0.39 is 0 Å². The summed E-state index contributed by atoms with van der Waals surface area (Å²) in [6, 6.07) is 17.0. The van der Waals surface area contributed by atoms with E-state index in [9.17, 15) is 4.79 Å². The molecule has 0 unspecified atom stereocenters. The van der Waals surface area contributed by atoms with Gasteiger partial charge in [-0.05, 0) is 53.5 Å². The molecule has 2 aromatic carbocycles. The van der Waals surface area contributed by atoms with E-state index >= 15 is 0 Å². The fourth-order valence-electron chi connectivity index (χ4n) is 3.77. The molecular weight excluding hydrogens is 280 g/mol. The van der Waals surface area contributed by atoms with Gasteiger partial charge in [-0.2, -0.15) is 0 Å². The number of carbonyl (C=O) groups excluding carboxylic acids is 1. The molecule has 114 valence electrons. The van der Waals surface area contributed by atoms with Gasteiger partial charge in [0, 0.05) is 12.0 Å². The fourth-order valence-corrected chi connectivity index (χ4v) is 3.77. The maximum absolute atomic E-state index is 12.8.